The number of benzene rings is 2. The Kier molecular flexibility index (Phi) is 8.60. The highest BCUT2D eigenvalue weighted by Crippen LogP contribution is 2.34. The zero-order valence-corrected chi connectivity index (χ0v) is 23.7. The maximum absolute atomic E-state index is 13.9. The number of para-hydroxylation sites is 1. The molecule has 2 aromatic carbocycles. The van der Waals surface area contributed by atoms with Gasteiger partial charge in [0.25, 0.3) is 0 Å². The van der Waals surface area contributed by atoms with Crippen LogP contribution in [-0.4, -0.2) is 45.9 Å². The number of aromatic nitrogens is 1. The van der Waals surface area contributed by atoms with Crippen LogP contribution in [-0.2, 0) is 11.3 Å². The van der Waals surface area contributed by atoms with Gasteiger partial charge in [0.1, 0.15) is 6.54 Å². The number of hydrogen-bond acceptors (Lipinski definition) is 2. The smallest absolute Gasteiger partial charge is 0.322 e. The Morgan fingerprint density at radius 3 is 2.21 bits per heavy atom. The van der Waals surface area contributed by atoms with Crippen LogP contribution in [0.3, 0.4) is 0 Å². The topological polar surface area (TPSA) is 57.6 Å². The number of anilines is 1. The fourth-order valence-corrected chi connectivity index (χ4v) is 5.41. The molecule has 0 bridgehead atoms. The van der Waals surface area contributed by atoms with Crippen LogP contribution in [0.15, 0.2) is 60.8 Å². The monoisotopic (exact) mass is 514 g/mol. The molecule has 1 aliphatic rings. The third-order valence-electron chi connectivity index (χ3n) is 7.46. The molecular formula is C32H42N4O2. The maximum Gasteiger partial charge on any atom is 0.322 e. The van der Waals surface area contributed by atoms with E-state index in [2.05, 4.69) is 99.2 Å². The minimum atomic E-state index is -0.220. The molecule has 38 heavy (non-hydrogen) atoms. The molecule has 2 heterocycles. The van der Waals surface area contributed by atoms with Crippen LogP contribution in [0.25, 0.3) is 0 Å². The first-order valence-corrected chi connectivity index (χ1v) is 13.9. The second-order valence-corrected chi connectivity index (χ2v) is 11.0. The van der Waals surface area contributed by atoms with Crippen LogP contribution in [0.1, 0.15) is 86.9 Å². The maximum atomic E-state index is 13.9. The molecule has 3 amide bonds. The number of carbonyl (C=O) groups is 2. The summed E-state index contributed by atoms with van der Waals surface area (Å²) in [7, 11) is 0. The summed E-state index contributed by atoms with van der Waals surface area (Å²) in [6.07, 6.45) is 2.85. The molecule has 1 N–H and O–H groups in total. The Balaban J connectivity index is 1.59. The highest BCUT2D eigenvalue weighted by atomic mass is 16.2. The number of amides is 3. The van der Waals surface area contributed by atoms with E-state index in [9.17, 15) is 9.59 Å². The first kappa shape index (κ1) is 27.5. The van der Waals surface area contributed by atoms with Gasteiger partial charge in [-0.1, -0.05) is 82.6 Å². The Morgan fingerprint density at radius 2 is 1.61 bits per heavy atom. The van der Waals surface area contributed by atoms with E-state index in [1.807, 2.05) is 17.9 Å². The molecule has 3 aromatic rings. The number of urea groups is 1. The van der Waals surface area contributed by atoms with Crippen LogP contribution < -0.4 is 5.32 Å². The van der Waals surface area contributed by atoms with Gasteiger partial charge in [-0.3, -0.25) is 4.79 Å². The van der Waals surface area contributed by atoms with Gasteiger partial charge in [-0.15, -0.1) is 0 Å². The normalized spacial score (nSPS) is 15.1. The molecule has 6 nitrogen and oxygen atoms in total. The van der Waals surface area contributed by atoms with Crippen molar-refractivity contribution in [1.82, 2.24) is 14.4 Å². The Labute approximate surface area is 227 Å². The standard InChI is InChI=1S/C32H42N4O2/c1-7-17-35(32(38)33-30-26(22(2)3)10-8-11-27(30)23(4)5)21-29(37)36-20-19-34-18-9-12-28(34)31(36)25-15-13-24(6)14-16-25/h8-16,18,22-23,31H,7,17,19-21H2,1-6H3,(H,33,38)/t31-/m1/s1. The molecule has 202 valence electrons. The molecule has 1 aliphatic heterocycles. The van der Waals surface area contributed by atoms with E-state index in [1.54, 1.807) is 4.90 Å². The summed E-state index contributed by atoms with van der Waals surface area (Å²) in [5.41, 5.74) is 6.48. The van der Waals surface area contributed by atoms with E-state index in [0.717, 1.165) is 41.0 Å². The Bertz CT molecular complexity index is 1230. The Hall–Kier alpha value is -3.54. The van der Waals surface area contributed by atoms with Crippen molar-refractivity contribution in [3.8, 4) is 0 Å². The molecule has 0 aliphatic carbocycles. The minimum Gasteiger partial charge on any atom is -0.348 e. The van der Waals surface area contributed by atoms with E-state index in [-0.39, 0.29) is 36.4 Å². The number of nitrogens with zero attached hydrogens (tertiary/aromatic N) is 3. The summed E-state index contributed by atoms with van der Waals surface area (Å²) in [6, 6.07) is 18.4. The number of rotatable bonds is 8. The van der Waals surface area contributed by atoms with Crippen molar-refractivity contribution in [2.24, 2.45) is 0 Å². The van der Waals surface area contributed by atoms with Crippen molar-refractivity contribution in [2.45, 2.75) is 72.4 Å². The van der Waals surface area contributed by atoms with Crippen LogP contribution >= 0.6 is 0 Å². The first-order chi connectivity index (χ1) is 18.2. The lowest BCUT2D eigenvalue weighted by Gasteiger charge is -2.38. The van der Waals surface area contributed by atoms with Gasteiger partial charge in [0, 0.05) is 37.2 Å². The van der Waals surface area contributed by atoms with Gasteiger partial charge in [0.2, 0.25) is 5.91 Å². The van der Waals surface area contributed by atoms with Gasteiger partial charge in [0.15, 0.2) is 0 Å². The minimum absolute atomic E-state index is 0.0344. The molecular weight excluding hydrogens is 472 g/mol. The summed E-state index contributed by atoms with van der Waals surface area (Å²) in [5, 5.41) is 3.21. The van der Waals surface area contributed by atoms with Crippen molar-refractivity contribution in [3.05, 3.63) is 88.7 Å². The van der Waals surface area contributed by atoms with E-state index in [1.165, 1.54) is 5.56 Å². The van der Waals surface area contributed by atoms with Gasteiger partial charge in [0.05, 0.1) is 6.04 Å². The van der Waals surface area contributed by atoms with E-state index >= 15 is 0 Å². The van der Waals surface area contributed by atoms with E-state index in [4.69, 9.17) is 0 Å². The third kappa shape index (κ3) is 5.79. The van der Waals surface area contributed by atoms with Crippen LogP contribution in [0.4, 0.5) is 10.5 Å². The predicted molar refractivity (Wildman–Crippen MR) is 155 cm³/mol. The Morgan fingerprint density at radius 1 is 0.947 bits per heavy atom. The van der Waals surface area contributed by atoms with E-state index in [0.29, 0.717) is 13.1 Å². The fourth-order valence-electron chi connectivity index (χ4n) is 5.41. The number of hydrogen-bond donors (Lipinski definition) is 1. The zero-order chi connectivity index (χ0) is 27.4. The quantitative estimate of drug-likeness (QED) is 0.355. The largest absolute Gasteiger partial charge is 0.348 e. The van der Waals surface area contributed by atoms with Crippen molar-refractivity contribution >= 4 is 17.6 Å². The number of carbonyl (C=O) groups excluding carboxylic acids is 2. The molecule has 0 fully saturated rings. The highest BCUT2D eigenvalue weighted by molar-refractivity contribution is 5.94. The highest BCUT2D eigenvalue weighted by Gasteiger charge is 2.33. The first-order valence-electron chi connectivity index (χ1n) is 13.9. The molecule has 0 saturated carbocycles. The van der Waals surface area contributed by atoms with E-state index < -0.39 is 0 Å². The molecule has 4 rings (SSSR count). The van der Waals surface area contributed by atoms with Gasteiger partial charge in [-0.05, 0) is 54.0 Å². The van der Waals surface area contributed by atoms with Gasteiger partial charge >= 0.3 is 6.03 Å². The SMILES string of the molecule is CCCN(CC(=O)N1CCn2cccc2[C@H]1c1ccc(C)cc1)C(=O)Nc1c(C(C)C)cccc1C(C)C. The molecule has 1 aromatic heterocycles. The molecule has 0 saturated heterocycles. The summed E-state index contributed by atoms with van der Waals surface area (Å²) >= 11 is 0. The lowest BCUT2D eigenvalue weighted by atomic mass is 9.93. The summed E-state index contributed by atoms with van der Waals surface area (Å²) in [4.78, 5) is 31.1. The number of fused-ring (bicyclic) bond motifs is 1. The third-order valence-corrected chi connectivity index (χ3v) is 7.46. The molecule has 0 radical (unpaired) electrons. The van der Waals surface area contributed by atoms with Crippen molar-refractivity contribution < 1.29 is 9.59 Å². The summed E-state index contributed by atoms with van der Waals surface area (Å²) in [5.74, 6) is 0.503. The predicted octanol–water partition coefficient (Wildman–Crippen LogP) is 6.92. The zero-order valence-electron chi connectivity index (χ0n) is 23.7. The van der Waals surface area contributed by atoms with Crippen molar-refractivity contribution in [2.75, 3.05) is 25.0 Å². The van der Waals surface area contributed by atoms with Crippen LogP contribution in [0.2, 0.25) is 0 Å². The molecule has 0 spiro atoms. The lowest BCUT2D eigenvalue weighted by molar-refractivity contribution is -0.134. The van der Waals surface area contributed by atoms with Gasteiger partial charge < -0.3 is 19.7 Å². The van der Waals surface area contributed by atoms with Crippen LogP contribution in [0, 0.1) is 6.92 Å². The van der Waals surface area contributed by atoms with Crippen LogP contribution in [0.5, 0.6) is 0 Å². The molecule has 6 heteroatoms. The summed E-state index contributed by atoms with van der Waals surface area (Å²) < 4.78 is 2.22. The molecule has 1 atom stereocenters. The summed E-state index contributed by atoms with van der Waals surface area (Å²) in [6.45, 7) is 14.6. The lowest BCUT2D eigenvalue weighted by Crippen LogP contribution is -2.49. The number of nitrogens with one attached hydrogen (secondary N) is 1. The average molecular weight is 515 g/mol. The van der Waals surface area contributed by atoms with Gasteiger partial charge in [-0.2, -0.15) is 0 Å². The number of aryl methyl sites for hydroxylation is 1. The van der Waals surface area contributed by atoms with Gasteiger partial charge in [-0.25, -0.2) is 4.79 Å². The average Bonchev–Trinajstić information content (AvgIpc) is 3.37. The molecule has 0 unspecified atom stereocenters. The second-order valence-electron chi connectivity index (χ2n) is 11.0. The second kappa shape index (κ2) is 11.9. The fraction of sp³-hybridized carbons (Fsp3) is 0.438. The van der Waals surface area contributed by atoms with Crippen molar-refractivity contribution in [3.63, 3.8) is 0 Å². The van der Waals surface area contributed by atoms with Crippen molar-refractivity contribution in [1.29, 1.82) is 0 Å².